The molecule has 0 aliphatic carbocycles. The Hall–Kier alpha value is -2.81. The zero-order valence-electron chi connectivity index (χ0n) is 18.4. The third-order valence-corrected chi connectivity index (χ3v) is 5.86. The van der Waals surface area contributed by atoms with Gasteiger partial charge >= 0.3 is 6.09 Å². The third-order valence-electron chi connectivity index (χ3n) is 4.73. The van der Waals surface area contributed by atoms with Crippen LogP contribution >= 0.6 is 0 Å². The van der Waals surface area contributed by atoms with Crippen molar-refractivity contribution in [2.45, 2.75) is 37.9 Å². The number of pyridine rings is 1. The average Bonchev–Trinajstić information content (AvgIpc) is 2.71. The molecule has 1 aliphatic rings. The van der Waals surface area contributed by atoms with Crippen molar-refractivity contribution in [2.24, 2.45) is 0 Å². The quantitative estimate of drug-likeness (QED) is 0.696. The van der Waals surface area contributed by atoms with E-state index in [0.717, 1.165) is 11.4 Å². The normalized spacial score (nSPS) is 15.0. The highest BCUT2D eigenvalue weighted by atomic mass is 32.2. The van der Waals surface area contributed by atoms with E-state index in [1.807, 2.05) is 32.9 Å². The van der Waals surface area contributed by atoms with Gasteiger partial charge in [-0.2, -0.15) is 0 Å². The van der Waals surface area contributed by atoms with Crippen molar-refractivity contribution in [1.82, 2.24) is 9.88 Å². The summed E-state index contributed by atoms with van der Waals surface area (Å²) in [5.41, 5.74) is 0.371. The van der Waals surface area contributed by atoms with E-state index >= 15 is 0 Å². The van der Waals surface area contributed by atoms with Crippen LogP contribution in [0.4, 0.5) is 10.6 Å². The smallest absolute Gasteiger partial charge is 0.410 e. The van der Waals surface area contributed by atoms with E-state index in [2.05, 4.69) is 9.88 Å². The number of amides is 1. The fourth-order valence-electron chi connectivity index (χ4n) is 3.09. The highest BCUT2D eigenvalue weighted by Gasteiger charge is 2.26. The third kappa shape index (κ3) is 6.58. The van der Waals surface area contributed by atoms with Crippen molar-refractivity contribution in [3.05, 3.63) is 48.2 Å². The van der Waals surface area contributed by atoms with Gasteiger partial charge in [0.15, 0.2) is 9.84 Å². The minimum Gasteiger partial charge on any atom is -0.487 e. The molecule has 1 aliphatic heterocycles. The molecule has 168 valence electrons. The summed E-state index contributed by atoms with van der Waals surface area (Å²) in [7, 11) is -3.20. The molecular formula is C22H29N3O5S. The molecule has 1 amide bonds. The number of piperazine rings is 1. The van der Waals surface area contributed by atoms with Crippen molar-refractivity contribution in [2.75, 3.05) is 37.3 Å². The Morgan fingerprint density at radius 1 is 1.03 bits per heavy atom. The summed E-state index contributed by atoms with van der Waals surface area (Å²) in [5.74, 6) is 1.46. The zero-order chi connectivity index (χ0) is 22.6. The summed E-state index contributed by atoms with van der Waals surface area (Å²) in [6.45, 7) is 8.42. The SMILES string of the molecule is CC(C)(C)OC(=O)N1CCN(c2ccc(OCc3ccc(S(C)(=O)=O)cc3)cn2)CC1. The molecule has 1 aromatic carbocycles. The lowest BCUT2D eigenvalue weighted by Gasteiger charge is -2.36. The van der Waals surface area contributed by atoms with E-state index in [1.165, 1.54) is 6.26 Å². The molecule has 1 fully saturated rings. The molecule has 0 atom stereocenters. The Labute approximate surface area is 183 Å². The Kier molecular flexibility index (Phi) is 6.74. The van der Waals surface area contributed by atoms with Gasteiger partial charge < -0.3 is 19.3 Å². The Morgan fingerprint density at radius 3 is 2.19 bits per heavy atom. The van der Waals surface area contributed by atoms with Crippen molar-refractivity contribution < 1.29 is 22.7 Å². The first kappa shape index (κ1) is 22.9. The summed E-state index contributed by atoms with van der Waals surface area (Å²) < 4.78 is 34.2. The monoisotopic (exact) mass is 447 g/mol. The summed E-state index contributed by atoms with van der Waals surface area (Å²) in [5, 5.41) is 0. The first-order chi connectivity index (χ1) is 14.5. The van der Waals surface area contributed by atoms with E-state index < -0.39 is 15.4 Å². The van der Waals surface area contributed by atoms with E-state index in [9.17, 15) is 13.2 Å². The summed E-state index contributed by atoms with van der Waals surface area (Å²) >= 11 is 0. The van der Waals surface area contributed by atoms with Crippen LogP contribution in [0, 0.1) is 0 Å². The van der Waals surface area contributed by atoms with Crippen LogP contribution in [0.3, 0.4) is 0 Å². The number of hydrogen-bond acceptors (Lipinski definition) is 7. The number of ether oxygens (including phenoxy) is 2. The second-order valence-electron chi connectivity index (χ2n) is 8.51. The Balaban J connectivity index is 1.50. The van der Waals surface area contributed by atoms with Crippen molar-refractivity contribution in [1.29, 1.82) is 0 Å². The minimum atomic E-state index is -3.20. The lowest BCUT2D eigenvalue weighted by molar-refractivity contribution is 0.0240. The number of anilines is 1. The van der Waals surface area contributed by atoms with Crippen LogP contribution < -0.4 is 9.64 Å². The number of nitrogens with zero attached hydrogens (tertiary/aromatic N) is 3. The lowest BCUT2D eigenvalue weighted by atomic mass is 10.2. The standard InChI is InChI=1S/C22H29N3O5S/c1-22(2,3)30-21(26)25-13-11-24(12-14-25)20-10-7-18(15-23-20)29-16-17-5-8-19(9-6-17)31(4,27)28/h5-10,15H,11-14,16H2,1-4H3. The van der Waals surface area contributed by atoms with Gasteiger partial charge in [-0.25, -0.2) is 18.2 Å². The highest BCUT2D eigenvalue weighted by molar-refractivity contribution is 7.90. The van der Waals surface area contributed by atoms with Gasteiger partial charge in [-0.05, 0) is 50.6 Å². The first-order valence-corrected chi connectivity index (χ1v) is 12.0. The van der Waals surface area contributed by atoms with Gasteiger partial charge in [-0.15, -0.1) is 0 Å². The number of benzene rings is 1. The van der Waals surface area contributed by atoms with Crippen molar-refractivity contribution in [3.8, 4) is 5.75 Å². The molecule has 0 unspecified atom stereocenters. The van der Waals surface area contributed by atoms with Crippen molar-refractivity contribution >= 4 is 21.7 Å². The van der Waals surface area contributed by atoms with Crippen LogP contribution in [0.15, 0.2) is 47.5 Å². The fourth-order valence-corrected chi connectivity index (χ4v) is 3.72. The number of sulfone groups is 1. The van der Waals surface area contributed by atoms with Gasteiger partial charge in [0, 0.05) is 32.4 Å². The molecule has 2 aromatic rings. The molecule has 8 nitrogen and oxygen atoms in total. The molecule has 0 spiro atoms. The maximum Gasteiger partial charge on any atom is 0.410 e. The van der Waals surface area contributed by atoms with Gasteiger partial charge in [0.05, 0.1) is 11.1 Å². The molecular weight excluding hydrogens is 418 g/mol. The predicted molar refractivity (Wildman–Crippen MR) is 118 cm³/mol. The maximum absolute atomic E-state index is 12.2. The summed E-state index contributed by atoms with van der Waals surface area (Å²) in [6, 6.07) is 10.4. The first-order valence-electron chi connectivity index (χ1n) is 10.1. The average molecular weight is 448 g/mol. The van der Waals surface area contributed by atoms with Gasteiger partial charge in [0.1, 0.15) is 23.8 Å². The molecule has 9 heteroatoms. The number of aromatic nitrogens is 1. The number of hydrogen-bond donors (Lipinski definition) is 0. The van der Waals surface area contributed by atoms with Gasteiger partial charge in [0.2, 0.25) is 0 Å². The van der Waals surface area contributed by atoms with E-state index in [0.29, 0.717) is 38.5 Å². The second-order valence-corrected chi connectivity index (χ2v) is 10.5. The highest BCUT2D eigenvalue weighted by Crippen LogP contribution is 2.20. The molecule has 3 rings (SSSR count). The zero-order valence-corrected chi connectivity index (χ0v) is 19.2. The largest absolute Gasteiger partial charge is 0.487 e. The molecule has 0 saturated carbocycles. The van der Waals surface area contributed by atoms with Gasteiger partial charge in [-0.1, -0.05) is 12.1 Å². The Morgan fingerprint density at radius 2 is 1.68 bits per heavy atom. The van der Waals surface area contributed by atoms with Crippen LogP contribution in [-0.2, 0) is 21.2 Å². The minimum absolute atomic E-state index is 0.284. The second kappa shape index (κ2) is 9.13. The van der Waals surface area contributed by atoms with E-state index in [-0.39, 0.29) is 11.0 Å². The summed E-state index contributed by atoms with van der Waals surface area (Å²) in [4.78, 5) is 20.8. The van der Waals surface area contributed by atoms with Crippen LogP contribution in [0.5, 0.6) is 5.75 Å². The van der Waals surface area contributed by atoms with E-state index in [4.69, 9.17) is 9.47 Å². The van der Waals surface area contributed by atoms with Gasteiger partial charge in [0.25, 0.3) is 0 Å². The Bertz CT molecular complexity index is 991. The van der Waals surface area contributed by atoms with Gasteiger partial charge in [-0.3, -0.25) is 0 Å². The van der Waals surface area contributed by atoms with Crippen molar-refractivity contribution in [3.63, 3.8) is 0 Å². The lowest BCUT2D eigenvalue weighted by Crippen LogP contribution is -2.50. The molecule has 0 bridgehead atoms. The number of carbonyl (C=O) groups excluding carboxylic acids is 1. The molecule has 0 radical (unpaired) electrons. The molecule has 1 aromatic heterocycles. The topological polar surface area (TPSA) is 89.0 Å². The molecule has 1 saturated heterocycles. The maximum atomic E-state index is 12.2. The predicted octanol–water partition coefficient (Wildman–Crippen LogP) is 3.12. The molecule has 2 heterocycles. The number of carbonyl (C=O) groups is 1. The summed E-state index contributed by atoms with van der Waals surface area (Å²) in [6.07, 6.45) is 2.57. The molecule has 0 N–H and O–H groups in total. The van der Waals surface area contributed by atoms with Crippen LogP contribution in [-0.4, -0.2) is 62.4 Å². The van der Waals surface area contributed by atoms with Crippen LogP contribution in [0.2, 0.25) is 0 Å². The number of rotatable bonds is 5. The van der Waals surface area contributed by atoms with Crippen LogP contribution in [0.1, 0.15) is 26.3 Å². The molecule has 31 heavy (non-hydrogen) atoms. The van der Waals surface area contributed by atoms with Crippen LogP contribution in [0.25, 0.3) is 0 Å². The van der Waals surface area contributed by atoms with E-state index in [1.54, 1.807) is 35.4 Å². The fraction of sp³-hybridized carbons (Fsp3) is 0.455.